The van der Waals surface area contributed by atoms with Crippen LogP contribution in [0.15, 0.2) is 84.9 Å². The van der Waals surface area contributed by atoms with E-state index in [1.54, 1.807) is 13.8 Å². The fourth-order valence-corrected chi connectivity index (χ4v) is 5.69. The highest BCUT2D eigenvalue weighted by Gasteiger charge is 2.33. The van der Waals surface area contributed by atoms with E-state index in [2.05, 4.69) is 44.1 Å². The summed E-state index contributed by atoms with van der Waals surface area (Å²) in [4.78, 5) is 28.7. The Labute approximate surface area is 244 Å². The van der Waals surface area contributed by atoms with Gasteiger partial charge in [0.2, 0.25) is 17.6 Å². The van der Waals surface area contributed by atoms with E-state index in [1.165, 1.54) is 0 Å². The lowest BCUT2D eigenvalue weighted by Gasteiger charge is -2.27. The molecule has 1 aliphatic heterocycles. The number of H-pyrrole nitrogens is 1. The fourth-order valence-electron chi connectivity index (χ4n) is 5.69. The van der Waals surface area contributed by atoms with E-state index in [1.807, 2.05) is 71.6 Å². The normalized spacial score (nSPS) is 15.4. The average Bonchev–Trinajstić information content (AvgIpc) is 3.48. The molecule has 9 nitrogen and oxygen atoms in total. The number of carbonyl (C=O) groups is 2. The molecule has 1 aliphatic rings. The number of benzene rings is 4. The lowest BCUT2D eigenvalue weighted by Crippen LogP contribution is -2.49. The van der Waals surface area contributed by atoms with Crippen LogP contribution in [0, 0.1) is 0 Å². The Hall–Kier alpha value is -4.89. The van der Waals surface area contributed by atoms with Crippen molar-refractivity contribution < 1.29 is 9.59 Å². The number of nitrogens with zero attached hydrogens (tertiary/aromatic N) is 4. The predicted octanol–water partition coefficient (Wildman–Crippen LogP) is 4.78. The van der Waals surface area contributed by atoms with Gasteiger partial charge < -0.3 is 16.0 Å². The van der Waals surface area contributed by atoms with Crippen molar-refractivity contribution in [1.82, 2.24) is 25.9 Å². The second-order valence-electron chi connectivity index (χ2n) is 11.5. The lowest BCUT2D eigenvalue weighted by molar-refractivity contribution is -0.128. The molecule has 0 saturated heterocycles. The van der Waals surface area contributed by atoms with E-state index >= 15 is 0 Å². The minimum Gasteiger partial charge on any atom is -0.344 e. The summed E-state index contributed by atoms with van der Waals surface area (Å²) in [5.74, 6) is 0.180. The van der Waals surface area contributed by atoms with Gasteiger partial charge in [0.1, 0.15) is 6.04 Å². The Bertz CT molecular complexity index is 1740. The molecule has 0 aliphatic carbocycles. The molecule has 2 amide bonds. The third-order valence-electron chi connectivity index (χ3n) is 7.62. The van der Waals surface area contributed by atoms with E-state index in [0.717, 1.165) is 44.3 Å². The molecule has 212 valence electrons. The number of carbonyl (C=O) groups excluding carboxylic acids is 2. The summed E-state index contributed by atoms with van der Waals surface area (Å²) in [7, 11) is 0. The maximum Gasteiger partial charge on any atom is 0.249 e. The van der Waals surface area contributed by atoms with E-state index in [-0.39, 0.29) is 18.2 Å². The van der Waals surface area contributed by atoms with Gasteiger partial charge in [-0.2, -0.15) is 5.21 Å². The molecule has 1 aromatic heterocycles. The van der Waals surface area contributed by atoms with Crippen LogP contribution in [0.4, 0.5) is 5.69 Å². The Kier molecular flexibility index (Phi) is 7.26. The van der Waals surface area contributed by atoms with E-state index in [9.17, 15) is 9.59 Å². The number of hydrogen-bond acceptors (Lipinski definition) is 6. The van der Waals surface area contributed by atoms with Crippen molar-refractivity contribution in [3.05, 3.63) is 96.1 Å². The van der Waals surface area contributed by atoms with Crippen molar-refractivity contribution in [2.24, 2.45) is 5.73 Å². The third-order valence-corrected chi connectivity index (χ3v) is 7.62. The van der Waals surface area contributed by atoms with Crippen LogP contribution in [0.1, 0.15) is 37.8 Å². The molecule has 0 saturated carbocycles. The number of tetrazole rings is 1. The minimum atomic E-state index is -0.666. The zero-order chi connectivity index (χ0) is 29.3. The van der Waals surface area contributed by atoms with E-state index in [0.29, 0.717) is 25.2 Å². The summed E-state index contributed by atoms with van der Waals surface area (Å²) in [6, 6.07) is 27.7. The molecule has 0 bridgehead atoms. The smallest absolute Gasteiger partial charge is 0.249 e. The largest absolute Gasteiger partial charge is 0.344 e. The minimum absolute atomic E-state index is 0.126. The molecule has 0 spiro atoms. The van der Waals surface area contributed by atoms with Gasteiger partial charge in [-0.05, 0) is 71.0 Å². The number of aromatic nitrogens is 4. The van der Waals surface area contributed by atoms with Gasteiger partial charge in [0.05, 0.1) is 6.54 Å². The molecule has 2 heterocycles. The van der Waals surface area contributed by atoms with Crippen LogP contribution in [0.3, 0.4) is 0 Å². The first kappa shape index (κ1) is 27.3. The van der Waals surface area contributed by atoms with Crippen molar-refractivity contribution >= 4 is 28.3 Å². The van der Waals surface area contributed by atoms with E-state index < -0.39 is 11.6 Å². The molecular weight excluding hydrogens is 526 g/mol. The molecule has 1 unspecified atom stereocenters. The number of aryl methyl sites for hydroxylation is 1. The van der Waals surface area contributed by atoms with Gasteiger partial charge in [0, 0.05) is 23.2 Å². The van der Waals surface area contributed by atoms with Gasteiger partial charge >= 0.3 is 0 Å². The molecule has 1 atom stereocenters. The summed E-state index contributed by atoms with van der Waals surface area (Å²) in [6.45, 7) is 3.98. The van der Waals surface area contributed by atoms with Crippen LogP contribution >= 0.6 is 0 Å². The Morgan fingerprint density at radius 3 is 2.48 bits per heavy atom. The van der Waals surface area contributed by atoms with Crippen molar-refractivity contribution in [1.29, 1.82) is 0 Å². The molecule has 6 rings (SSSR count). The van der Waals surface area contributed by atoms with E-state index in [4.69, 9.17) is 5.73 Å². The van der Waals surface area contributed by atoms with Gasteiger partial charge in [0.15, 0.2) is 0 Å². The third kappa shape index (κ3) is 5.64. The summed E-state index contributed by atoms with van der Waals surface area (Å²) in [5, 5.41) is 19.7. The number of amides is 2. The predicted molar refractivity (Wildman–Crippen MR) is 163 cm³/mol. The fraction of sp³-hybridized carbons (Fsp3) is 0.242. The quantitative estimate of drug-likeness (QED) is 0.263. The van der Waals surface area contributed by atoms with Crippen molar-refractivity contribution in [3.63, 3.8) is 0 Å². The molecule has 0 fully saturated rings. The second-order valence-corrected chi connectivity index (χ2v) is 11.5. The van der Waals surface area contributed by atoms with Crippen molar-refractivity contribution in [2.75, 3.05) is 4.90 Å². The standard InChI is InChI=1S/C33H33N7O2/c1-33(2,34)19-30(41)35-28-17-16-26-24-8-4-3-7-22(24)15-18-29(26)40(32(28)42)20-21-11-13-23(14-12-21)25-9-5-6-10-27(25)31-36-38-39-37-31/h3-15,18,28H,16-17,19-20,34H2,1-2H3,(H,35,41)(H,36,37,38,39). The molecule has 0 radical (unpaired) electrons. The number of nitrogens with two attached hydrogens (primary N) is 1. The molecule has 4 N–H and O–H groups in total. The van der Waals surface area contributed by atoms with Gasteiger partial charge in [-0.1, -0.05) is 78.9 Å². The van der Waals surface area contributed by atoms with Crippen LogP contribution in [0.5, 0.6) is 0 Å². The summed E-state index contributed by atoms with van der Waals surface area (Å²) in [6.07, 6.45) is 1.32. The summed E-state index contributed by atoms with van der Waals surface area (Å²) in [5.41, 5.74) is 11.2. The van der Waals surface area contributed by atoms with Gasteiger partial charge in [0.25, 0.3) is 0 Å². The molecule has 5 aromatic rings. The Balaban J connectivity index is 1.33. The molecule has 4 aromatic carbocycles. The number of nitrogens with one attached hydrogen (secondary N) is 2. The van der Waals surface area contributed by atoms with Gasteiger partial charge in [-0.25, -0.2) is 0 Å². The highest BCUT2D eigenvalue weighted by atomic mass is 16.2. The van der Waals surface area contributed by atoms with Crippen LogP contribution < -0.4 is 16.0 Å². The highest BCUT2D eigenvalue weighted by molar-refractivity contribution is 6.03. The SMILES string of the molecule is CC(C)(N)CC(=O)NC1CCc2c(ccc3ccccc23)N(Cc2ccc(-c3ccccc3-c3nn[nH]n3)cc2)C1=O. The molecule has 42 heavy (non-hydrogen) atoms. The Morgan fingerprint density at radius 1 is 1.00 bits per heavy atom. The number of hydrogen-bond donors (Lipinski definition) is 3. The highest BCUT2D eigenvalue weighted by Crippen LogP contribution is 2.35. The summed E-state index contributed by atoms with van der Waals surface area (Å²) < 4.78 is 0. The van der Waals surface area contributed by atoms with Crippen LogP contribution in [-0.4, -0.2) is 44.0 Å². The maximum atomic E-state index is 14.1. The first-order chi connectivity index (χ1) is 20.3. The topological polar surface area (TPSA) is 130 Å². The summed E-state index contributed by atoms with van der Waals surface area (Å²) >= 11 is 0. The lowest BCUT2D eigenvalue weighted by atomic mass is 9.97. The number of rotatable bonds is 7. The average molecular weight is 560 g/mol. The number of anilines is 1. The van der Waals surface area contributed by atoms with Crippen LogP contribution in [0.2, 0.25) is 0 Å². The first-order valence-electron chi connectivity index (χ1n) is 14.1. The van der Waals surface area contributed by atoms with Crippen LogP contribution in [0.25, 0.3) is 33.3 Å². The molecule has 9 heteroatoms. The van der Waals surface area contributed by atoms with Gasteiger partial charge in [-0.15, -0.1) is 10.2 Å². The number of aromatic amines is 1. The zero-order valence-corrected chi connectivity index (χ0v) is 23.7. The first-order valence-corrected chi connectivity index (χ1v) is 14.1. The van der Waals surface area contributed by atoms with Crippen molar-refractivity contribution in [2.45, 2.75) is 51.2 Å². The molecular formula is C33H33N7O2. The maximum absolute atomic E-state index is 14.1. The zero-order valence-electron chi connectivity index (χ0n) is 23.7. The number of fused-ring (bicyclic) bond motifs is 3. The monoisotopic (exact) mass is 559 g/mol. The van der Waals surface area contributed by atoms with Crippen molar-refractivity contribution in [3.8, 4) is 22.5 Å². The second kappa shape index (κ2) is 11.2. The van der Waals surface area contributed by atoms with Gasteiger partial charge in [-0.3, -0.25) is 9.59 Å². The Morgan fingerprint density at radius 2 is 1.74 bits per heavy atom. The van der Waals surface area contributed by atoms with Crippen LogP contribution in [-0.2, 0) is 22.6 Å².